The fourth-order valence-corrected chi connectivity index (χ4v) is 9.09. The minimum Gasteiger partial charge on any atom is -0.330 e. The first kappa shape index (κ1) is 33.8. The van der Waals surface area contributed by atoms with Crippen molar-refractivity contribution in [1.82, 2.24) is 9.13 Å². The van der Waals surface area contributed by atoms with Gasteiger partial charge in [0.2, 0.25) is 0 Å². The predicted molar refractivity (Wildman–Crippen MR) is 234 cm³/mol. The van der Waals surface area contributed by atoms with Gasteiger partial charge in [-0.2, -0.15) is 0 Å². The number of rotatable bonds is 9. The summed E-state index contributed by atoms with van der Waals surface area (Å²) >= 11 is 0. The van der Waals surface area contributed by atoms with E-state index in [-0.39, 0.29) is 17.2 Å². The molecule has 55 heavy (non-hydrogen) atoms. The van der Waals surface area contributed by atoms with E-state index in [0.717, 1.165) is 81.4 Å². The topological polar surface area (TPSA) is 44.0 Å². The molecule has 4 nitrogen and oxygen atoms in total. The van der Waals surface area contributed by atoms with Crippen LogP contribution in [-0.2, 0) is 0 Å². The molecule has 0 saturated heterocycles. The smallest absolute Gasteiger partial charge is 0.262 e. The van der Waals surface area contributed by atoms with Crippen LogP contribution in [0.25, 0.3) is 77.8 Å². The molecule has 2 unspecified atom stereocenters. The Kier molecular flexibility index (Phi) is 7.87. The molecule has 7 aromatic carbocycles. The Balaban J connectivity index is 1.37. The van der Waals surface area contributed by atoms with Crippen LogP contribution in [0.2, 0.25) is 0 Å². The van der Waals surface area contributed by atoms with Gasteiger partial charge in [0.05, 0.1) is 12.1 Å². The molecule has 0 spiro atoms. The van der Waals surface area contributed by atoms with Crippen LogP contribution in [0, 0.1) is 0 Å². The van der Waals surface area contributed by atoms with E-state index < -0.39 is 6.04 Å². The zero-order valence-electron chi connectivity index (χ0n) is 30.7. The second kappa shape index (κ2) is 12.8. The zero-order valence-corrected chi connectivity index (χ0v) is 30.7. The van der Waals surface area contributed by atoms with E-state index >= 15 is 0 Å². The average molecular weight is 711 g/mol. The van der Waals surface area contributed by atoms with E-state index in [2.05, 4.69) is 60.7 Å². The van der Waals surface area contributed by atoms with E-state index in [4.69, 9.17) is 13.2 Å². The molecule has 2 heterocycles. The van der Waals surface area contributed by atoms with E-state index in [9.17, 15) is 9.59 Å². The second-order valence-electron chi connectivity index (χ2n) is 14.1. The lowest BCUT2D eigenvalue weighted by molar-refractivity contribution is 0.637. The van der Waals surface area contributed by atoms with Crippen LogP contribution in [0.15, 0.2) is 180 Å². The normalized spacial score (nSPS) is 13.8. The highest BCUT2D eigenvalue weighted by molar-refractivity contribution is 6.39. The van der Waals surface area contributed by atoms with E-state index in [1.54, 1.807) is 12.2 Å². The molecule has 2 aromatic heterocycles. The monoisotopic (exact) mass is 710 g/mol. The van der Waals surface area contributed by atoms with Crippen molar-refractivity contribution in [1.29, 1.82) is 0 Å². The van der Waals surface area contributed by atoms with Crippen LogP contribution in [0.1, 0.15) is 30.1 Å². The van der Waals surface area contributed by atoms with Crippen molar-refractivity contribution >= 4 is 77.8 Å². The van der Waals surface area contributed by atoms with Gasteiger partial charge in [-0.25, -0.2) is 0 Å². The minimum atomic E-state index is -0.618. The average Bonchev–Trinajstić information content (AvgIpc) is 3.22. The molecule has 9 rings (SSSR count). The van der Waals surface area contributed by atoms with Crippen LogP contribution in [-0.4, -0.2) is 9.13 Å². The summed E-state index contributed by atoms with van der Waals surface area (Å²) in [5.41, 5.74) is 3.05. The SMILES string of the molecule is C=C/C=C(\C=C)C(c1ccccc1)n1c(=C)c2ccc3c4ccc5c(=O)n(C(/C(C=C)=C/C)c6ccccc6)c(=O)c6ccc(c7ccc(c1=C)c2c37)c4c56. The Morgan fingerprint density at radius 3 is 1.25 bits per heavy atom. The first-order valence-electron chi connectivity index (χ1n) is 18.4. The van der Waals surface area contributed by atoms with E-state index in [1.807, 2.05) is 97.9 Å². The Morgan fingerprint density at radius 2 is 0.855 bits per heavy atom. The van der Waals surface area contributed by atoms with E-state index in [1.165, 1.54) is 4.57 Å². The first-order valence-corrected chi connectivity index (χ1v) is 18.4. The number of pyridine rings is 2. The third kappa shape index (κ3) is 4.71. The zero-order chi connectivity index (χ0) is 38.1. The number of fused-ring (bicyclic) bond motifs is 2. The Hall–Kier alpha value is -7.04. The van der Waals surface area contributed by atoms with Crippen molar-refractivity contribution in [3.05, 3.63) is 213 Å². The highest BCUT2D eigenvalue weighted by atomic mass is 16.2. The van der Waals surface area contributed by atoms with Gasteiger partial charge in [0.1, 0.15) is 0 Å². The summed E-state index contributed by atoms with van der Waals surface area (Å²) in [5, 5.41) is 12.6. The molecule has 0 radical (unpaired) electrons. The molecular weight excluding hydrogens is 673 g/mol. The van der Waals surface area contributed by atoms with Crippen LogP contribution in [0.3, 0.4) is 0 Å². The maximum atomic E-state index is 14.6. The molecule has 4 heteroatoms. The summed E-state index contributed by atoms with van der Waals surface area (Å²) in [7, 11) is 0. The lowest BCUT2D eigenvalue weighted by atomic mass is 9.85. The van der Waals surface area contributed by atoms with Gasteiger partial charge in [-0.05, 0) is 73.6 Å². The van der Waals surface area contributed by atoms with Gasteiger partial charge < -0.3 is 4.57 Å². The maximum absolute atomic E-state index is 14.6. The molecule has 0 bridgehead atoms. The van der Waals surface area contributed by atoms with Crippen molar-refractivity contribution in [3.63, 3.8) is 0 Å². The second-order valence-corrected chi connectivity index (χ2v) is 14.1. The number of hydrogen-bond acceptors (Lipinski definition) is 2. The molecule has 0 aliphatic carbocycles. The Bertz CT molecular complexity index is 3200. The maximum Gasteiger partial charge on any atom is 0.262 e. The molecule has 0 aliphatic heterocycles. The van der Waals surface area contributed by atoms with Gasteiger partial charge in [0.15, 0.2) is 0 Å². The summed E-state index contributed by atoms with van der Waals surface area (Å²) in [4.78, 5) is 29.3. The third-order valence-electron chi connectivity index (χ3n) is 11.5. The van der Waals surface area contributed by atoms with Crippen LogP contribution in [0.4, 0.5) is 0 Å². The van der Waals surface area contributed by atoms with Crippen molar-refractivity contribution in [2.24, 2.45) is 0 Å². The summed E-state index contributed by atoms with van der Waals surface area (Å²) in [6, 6.07) is 35.7. The number of allylic oxidation sites excluding steroid dienone is 7. The van der Waals surface area contributed by atoms with Crippen LogP contribution in [0.5, 0.6) is 0 Å². The largest absolute Gasteiger partial charge is 0.330 e. The highest BCUT2D eigenvalue weighted by Crippen LogP contribution is 2.44. The number of aromatic nitrogens is 2. The summed E-state index contributed by atoms with van der Waals surface area (Å²) in [6.07, 6.45) is 9.29. The molecule has 0 saturated carbocycles. The Labute approximate surface area is 317 Å². The minimum absolute atomic E-state index is 0.226. The van der Waals surface area contributed by atoms with Gasteiger partial charge in [0.25, 0.3) is 11.1 Å². The van der Waals surface area contributed by atoms with Crippen LogP contribution >= 0.6 is 0 Å². The van der Waals surface area contributed by atoms with E-state index in [0.29, 0.717) is 16.2 Å². The van der Waals surface area contributed by atoms with Gasteiger partial charge in [-0.1, -0.05) is 160 Å². The highest BCUT2D eigenvalue weighted by Gasteiger charge is 2.27. The van der Waals surface area contributed by atoms with Crippen LogP contribution < -0.4 is 21.8 Å². The quantitative estimate of drug-likeness (QED) is 0.0851. The molecule has 0 fully saturated rings. The van der Waals surface area contributed by atoms with Crippen molar-refractivity contribution in [3.8, 4) is 0 Å². The molecular formula is C51H38N2O2. The number of benzene rings is 7. The molecule has 264 valence electrons. The van der Waals surface area contributed by atoms with Crippen molar-refractivity contribution < 1.29 is 0 Å². The Morgan fingerprint density at radius 1 is 0.491 bits per heavy atom. The third-order valence-corrected chi connectivity index (χ3v) is 11.5. The number of hydrogen-bond donors (Lipinski definition) is 0. The molecule has 0 aliphatic rings. The van der Waals surface area contributed by atoms with Crippen molar-refractivity contribution in [2.45, 2.75) is 19.0 Å². The predicted octanol–water partition coefficient (Wildman–Crippen LogP) is 10.2. The fourth-order valence-electron chi connectivity index (χ4n) is 9.09. The van der Waals surface area contributed by atoms with Gasteiger partial charge in [-0.3, -0.25) is 14.2 Å². The lowest BCUT2D eigenvalue weighted by Crippen LogP contribution is -2.37. The standard InChI is InChI=1S/C51H38N2O2/c1-7-17-33(10-4)49(35-20-15-12-16-21-35)52-30(5)36-22-24-38-40-26-28-42-47-43(29-27-41(46(40)47)39-25-23-37(31(52)6)44(36)45(38)39)51(55)53(50(42)54)48(32(8-2)9-3)34-18-13-11-14-19-34/h7-29,48-49H,1-2,4-6H2,3H3/b32-9+,33-17+. The van der Waals surface area contributed by atoms with Gasteiger partial charge >= 0.3 is 0 Å². The molecule has 9 aromatic rings. The van der Waals surface area contributed by atoms with Gasteiger partial charge in [0, 0.05) is 43.0 Å². The molecule has 0 amide bonds. The summed E-state index contributed by atoms with van der Waals surface area (Å²) in [5.74, 6) is 0. The number of nitrogens with zero attached hydrogens (tertiary/aromatic N) is 2. The summed E-state index contributed by atoms with van der Waals surface area (Å²) < 4.78 is 3.62. The molecule has 2 atom stereocenters. The summed E-state index contributed by atoms with van der Waals surface area (Å²) in [6.45, 7) is 23.4. The lowest BCUT2D eigenvalue weighted by Gasteiger charge is -2.27. The van der Waals surface area contributed by atoms with Gasteiger partial charge in [-0.15, -0.1) is 0 Å². The van der Waals surface area contributed by atoms with Crippen molar-refractivity contribution in [2.75, 3.05) is 0 Å². The first-order chi connectivity index (χ1) is 26.8. The fraction of sp³-hybridized carbons (Fsp3) is 0.0588. The molecule has 0 N–H and O–H groups in total.